The van der Waals surface area contributed by atoms with Crippen LogP contribution >= 0.6 is 0 Å². The van der Waals surface area contributed by atoms with Crippen molar-refractivity contribution in [2.45, 2.75) is 19.3 Å². The Kier molecular flexibility index (Phi) is 2.66. The number of carbonyl (C=O) groups is 1. The van der Waals surface area contributed by atoms with Crippen LogP contribution in [0.15, 0.2) is 24.5 Å². The molecule has 0 bridgehead atoms. The first kappa shape index (κ1) is 9.71. The number of nitrogens with one attached hydrogen (secondary N) is 1. The van der Waals surface area contributed by atoms with Gasteiger partial charge in [-0.25, -0.2) is 0 Å². The summed E-state index contributed by atoms with van der Waals surface area (Å²) in [6.45, 7) is 3.78. The second-order valence-corrected chi connectivity index (χ2v) is 3.44. The molecule has 0 aliphatic carbocycles. The topological polar surface area (TPSA) is 42.0 Å². The Balaban J connectivity index is 3.00. The molecule has 70 valence electrons. The van der Waals surface area contributed by atoms with Crippen LogP contribution in [0, 0.1) is 0 Å². The van der Waals surface area contributed by atoms with Crippen LogP contribution in [0.2, 0.25) is 0 Å². The van der Waals surface area contributed by atoms with Gasteiger partial charge >= 0.3 is 0 Å². The maximum atomic E-state index is 11.5. The van der Waals surface area contributed by atoms with Gasteiger partial charge < -0.3 is 5.32 Å². The fourth-order valence-electron chi connectivity index (χ4n) is 1.21. The fourth-order valence-corrected chi connectivity index (χ4v) is 1.21. The molecule has 0 aromatic carbocycles. The Hall–Kier alpha value is -1.38. The molecule has 0 spiro atoms. The zero-order valence-corrected chi connectivity index (χ0v) is 8.16. The van der Waals surface area contributed by atoms with Gasteiger partial charge in [0.2, 0.25) is 5.91 Å². The smallest absolute Gasteiger partial charge is 0.229 e. The number of aromatic nitrogens is 1. The van der Waals surface area contributed by atoms with E-state index in [-0.39, 0.29) is 5.91 Å². The Morgan fingerprint density at radius 2 is 1.92 bits per heavy atom. The molecule has 0 unspecified atom stereocenters. The van der Waals surface area contributed by atoms with E-state index < -0.39 is 5.41 Å². The van der Waals surface area contributed by atoms with Gasteiger partial charge in [-0.05, 0) is 31.5 Å². The monoisotopic (exact) mass is 178 g/mol. The summed E-state index contributed by atoms with van der Waals surface area (Å²) in [7, 11) is 1.64. The Morgan fingerprint density at radius 1 is 1.38 bits per heavy atom. The minimum absolute atomic E-state index is 0.0127. The van der Waals surface area contributed by atoms with Gasteiger partial charge in [-0.1, -0.05) is 0 Å². The lowest BCUT2D eigenvalue weighted by molar-refractivity contribution is -0.125. The first-order valence-electron chi connectivity index (χ1n) is 4.21. The molecule has 3 heteroatoms. The van der Waals surface area contributed by atoms with Crippen molar-refractivity contribution >= 4 is 5.91 Å². The van der Waals surface area contributed by atoms with E-state index >= 15 is 0 Å². The number of rotatable bonds is 2. The van der Waals surface area contributed by atoms with E-state index in [2.05, 4.69) is 10.3 Å². The number of amides is 1. The first-order valence-corrected chi connectivity index (χ1v) is 4.21. The van der Waals surface area contributed by atoms with Gasteiger partial charge in [0.25, 0.3) is 0 Å². The highest BCUT2D eigenvalue weighted by Crippen LogP contribution is 2.21. The van der Waals surface area contributed by atoms with Gasteiger partial charge in [0.15, 0.2) is 0 Å². The van der Waals surface area contributed by atoms with Crippen LogP contribution in [0.4, 0.5) is 0 Å². The van der Waals surface area contributed by atoms with Crippen LogP contribution in [0.5, 0.6) is 0 Å². The molecule has 0 aliphatic rings. The van der Waals surface area contributed by atoms with Gasteiger partial charge in [0.1, 0.15) is 0 Å². The summed E-state index contributed by atoms with van der Waals surface area (Å²) in [6.07, 6.45) is 3.39. The highest BCUT2D eigenvalue weighted by atomic mass is 16.2. The minimum atomic E-state index is -0.488. The molecule has 1 heterocycles. The van der Waals surface area contributed by atoms with Crippen molar-refractivity contribution in [2.24, 2.45) is 0 Å². The van der Waals surface area contributed by atoms with E-state index in [0.29, 0.717) is 0 Å². The molecule has 1 aromatic rings. The largest absolute Gasteiger partial charge is 0.358 e. The molecule has 1 aromatic heterocycles. The molecule has 0 atom stereocenters. The maximum absolute atomic E-state index is 11.5. The SMILES string of the molecule is CNC(=O)C(C)(C)c1ccncc1. The second-order valence-electron chi connectivity index (χ2n) is 3.44. The molecule has 1 rings (SSSR count). The molecule has 0 fully saturated rings. The quantitative estimate of drug-likeness (QED) is 0.737. The Bertz CT molecular complexity index is 293. The highest BCUT2D eigenvalue weighted by molar-refractivity contribution is 5.86. The van der Waals surface area contributed by atoms with E-state index in [4.69, 9.17) is 0 Å². The van der Waals surface area contributed by atoms with E-state index in [1.165, 1.54) is 0 Å². The van der Waals surface area contributed by atoms with Crippen molar-refractivity contribution in [3.63, 3.8) is 0 Å². The zero-order valence-electron chi connectivity index (χ0n) is 8.16. The lowest BCUT2D eigenvalue weighted by Crippen LogP contribution is -2.37. The lowest BCUT2D eigenvalue weighted by atomic mass is 9.84. The summed E-state index contributed by atoms with van der Waals surface area (Å²) in [5, 5.41) is 2.64. The Labute approximate surface area is 78.2 Å². The second kappa shape index (κ2) is 3.56. The van der Waals surface area contributed by atoms with Gasteiger partial charge in [-0.3, -0.25) is 9.78 Å². The third-order valence-corrected chi connectivity index (χ3v) is 2.20. The van der Waals surface area contributed by atoms with E-state index in [1.54, 1.807) is 19.4 Å². The zero-order chi connectivity index (χ0) is 9.90. The van der Waals surface area contributed by atoms with E-state index in [9.17, 15) is 4.79 Å². The molecule has 0 saturated carbocycles. The van der Waals surface area contributed by atoms with E-state index in [0.717, 1.165) is 5.56 Å². The Morgan fingerprint density at radius 3 is 2.38 bits per heavy atom. The third-order valence-electron chi connectivity index (χ3n) is 2.20. The summed E-state index contributed by atoms with van der Waals surface area (Å²) in [4.78, 5) is 15.4. The average molecular weight is 178 g/mol. The minimum Gasteiger partial charge on any atom is -0.358 e. The number of pyridine rings is 1. The fraction of sp³-hybridized carbons (Fsp3) is 0.400. The van der Waals surface area contributed by atoms with E-state index in [1.807, 2.05) is 26.0 Å². The summed E-state index contributed by atoms with van der Waals surface area (Å²) in [6, 6.07) is 3.71. The van der Waals surface area contributed by atoms with Crippen LogP contribution in [0.3, 0.4) is 0 Å². The van der Waals surface area contributed by atoms with Crippen molar-refractivity contribution in [1.82, 2.24) is 10.3 Å². The maximum Gasteiger partial charge on any atom is 0.229 e. The van der Waals surface area contributed by atoms with Crippen molar-refractivity contribution < 1.29 is 4.79 Å². The standard InChI is InChI=1S/C10H14N2O/c1-10(2,9(13)11-3)8-4-6-12-7-5-8/h4-7H,1-3H3,(H,11,13). The molecule has 3 nitrogen and oxygen atoms in total. The molecular formula is C10H14N2O. The van der Waals surface area contributed by atoms with Crippen LogP contribution < -0.4 is 5.32 Å². The molecule has 1 amide bonds. The van der Waals surface area contributed by atoms with Crippen molar-refractivity contribution in [2.75, 3.05) is 7.05 Å². The van der Waals surface area contributed by atoms with Crippen molar-refractivity contribution in [3.05, 3.63) is 30.1 Å². The summed E-state index contributed by atoms with van der Waals surface area (Å²) in [5.41, 5.74) is 0.486. The van der Waals surface area contributed by atoms with Crippen LogP contribution in [0.1, 0.15) is 19.4 Å². The number of carbonyl (C=O) groups excluding carboxylic acids is 1. The van der Waals surface area contributed by atoms with Crippen LogP contribution in [0.25, 0.3) is 0 Å². The van der Waals surface area contributed by atoms with Crippen molar-refractivity contribution in [3.8, 4) is 0 Å². The van der Waals surface area contributed by atoms with Gasteiger partial charge in [-0.2, -0.15) is 0 Å². The predicted octanol–water partition coefficient (Wildman–Crippen LogP) is 1.11. The number of nitrogens with zero attached hydrogens (tertiary/aromatic N) is 1. The summed E-state index contributed by atoms with van der Waals surface area (Å²) < 4.78 is 0. The molecular weight excluding hydrogens is 164 g/mol. The molecule has 0 aliphatic heterocycles. The van der Waals surface area contributed by atoms with Crippen LogP contribution in [-0.4, -0.2) is 17.9 Å². The third kappa shape index (κ3) is 1.86. The van der Waals surface area contributed by atoms with Crippen molar-refractivity contribution in [1.29, 1.82) is 0 Å². The number of hydrogen-bond donors (Lipinski definition) is 1. The lowest BCUT2D eigenvalue weighted by Gasteiger charge is -2.22. The highest BCUT2D eigenvalue weighted by Gasteiger charge is 2.28. The molecule has 0 saturated heterocycles. The van der Waals surface area contributed by atoms with Crippen LogP contribution in [-0.2, 0) is 10.2 Å². The number of likely N-dealkylation sites (N-methyl/N-ethyl adjacent to an activating group) is 1. The average Bonchev–Trinajstić information content (AvgIpc) is 2.18. The summed E-state index contributed by atoms with van der Waals surface area (Å²) >= 11 is 0. The number of hydrogen-bond acceptors (Lipinski definition) is 2. The normalized spacial score (nSPS) is 11.0. The van der Waals surface area contributed by atoms with Gasteiger partial charge in [0, 0.05) is 19.4 Å². The molecule has 0 radical (unpaired) electrons. The molecule has 13 heavy (non-hydrogen) atoms. The van der Waals surface area contributed by atoms with Gasteiger partial charge in [0.05, 0.1) is 5.41 Å². The van der Waals surface area contributed by atoms with Gasteiger partial charge in [-0.15, -0.1) is 0 Å². The molecule has 1 N–H and O–H groups in total. The predicted molar refractivity (Wildman–Crippen MR) is 51.3 cm³/mol. The first-order chi connectivity index (χ1) is 6.09. The summed E-state index contributed by atoms with van der Waals surface area (Å²) in [5.74, 6) is 0.0127.